The van der Waals surface area contributed by atoms with E-state index in [0.717, 1.165) is 26.3 Å². The maximum Gasteiger partial charge on any atom is 0.264 e. The molecule has 38 heavy (non-hydrogen) atoms. The van der Waals surface area contributed by atoms with E-state index in [1.165, 1.54) is 17.0 Å². The molecule has 3 rings (SSSR count). The summed E-state index contributed by atoms with van der Waals surface area (Å²) < 4.78 is 29.4. The maximum atomic E-state index is 13.8. The van der Waals surface area contributed by atoms with Crippen LogP contribution in [0.15, 0.2) is 82.2 Å². The van der Waals surface area contributed by atoms with Gasteiger partial charge in [0.05, 0.1) is 10.6 Å². The second-order valence-corrected chi connectivity index (χ2v) is 12.1. The molecule has 202 valence electrons. The van der Waals surface area contributed by atoms with Gasteiger partial charge in [-0.3, -0.25) is 13.9 Å². The van der Waals surface area contributed by atoms with Gasteiger partial charge in [-0.15, -0.1) is 0 Å². The molecule has 0 spiro atoms. The molecule has 3 aromatic rings. The van der Waals surface area contributed by atoms with Crippen molar-refractivity contribution in [3.63, 3.8) is 0 Å². The molecule has 3 aromatic carbocycles. The molecule has 0 aliphatic rings. The number of nitrogens with one attached hydrogen (secondary N) is 1. The highest BCUT2D eigenvalue weighted by molar-refractivity contribution is 9.10. The van der Waals surface area contributed by atoms with E-state index >= 15 is 0 Å². The molecule has 2 amide bonds. The molecule has 0 aliphatic carbocycles. The van der Waals surface area contributed by atoms with E-state index in [4.69, 9.17) is 11.6 Å². The van der Waals surface area contributed by atoms with E-state index in [1.54, 1.807) is 67.6 Å². The summed E-state index contributed by atoms with van der Waals surface area (Å²) in [5.41, 5.74) is 2.00. The molecule has 1 N–H and O–H groups in total. The lowest BCUT2D eigenvalue weighted by Crippen LogP contribution is -2.51. The predicted molar refractivity (Wildman–Crippen MR) is 155 cm³/mol. The second-order valence-electron chi connectivity index (χ2n) is 8.92. The van der Waals surface area contributed by atoms with Gasteiger partial charge in [-0.2, -0.15) is 0 Å². The Labute approximate surface area is 238 Å². The monoisotopic (exact) mass is 619 g/mol. The first-order valence-electron chi connectivity index (χ1n) is 12.2. The molecule has 10 heteroatoms. The zero-order valence-corrected chi connectivity index (χ0v) is 24.7. The number of rotatable bonds is 11. The normalized spacial score (nSPS) is 12.0. The molecular weight excluding hydrogens is 590 g/mol. The van der Waals surface area contributed by atoms with Gasteiger partial charge in [-0.05, 0) is 74.4 Å². The molecule has 0 fully saturated rings. The number of aryl methyl sites for hydroxylation is 1. The van der Waals surface area contributed by atoms with Crippen LogP contribution >= 0.6 is 27.5 Å². The van der Waals surface area contributed by atoms with Crippen LogP contribution in [0.3, 0.4) is 0 Å². The van der Waals surface area contributed by atoms with Gasteiger partial charge in [0.25, 0.3) is 10.0 Å². The number of nitrogens with zero attached hydrogens (tertiary/aromatic N) is 2. The summed E-state index contributed by atoms with van der Waals surface area (Å²) in [5, 5.41) is 3.37. The summed E-state index contributed by atoms with van der Waals surface area (Å²) in [5.74, 6) is -0.830. The van der Waals surface area contributed by atoms with Gasteiger partial charge in [0.2, 0.25) is 11.8 Å². The molecule has 0 bridgehead atoms. The number of carbonyl (C=O) groups excluding carboxylic acids is 2. The Morgan fingerprint density at radius 2 is 1.58 bits per heavy atom. The molecule has 0 heterocycles. The Kier molecular flexibility index (Phi) is 10.4. The van der Waals surface area contributed by atoms with Crippen LogP contribution < -0.4 is 9.62 Å². The topological polar surface area (TPSA) is 86.8 Å². The fourth-order valence-corrected chi connectivity index (χ4v) is 5.54. The smallest absolute Gasteiger partial charge is 0.264 e. The number of carbonyl (C=O) groups is 2. The van der Waals surface area contributed by atoms with Crippen molar-refractivity contribution in [2.45, 2.75) is 44.7 Å². The number of benzene rings is 3. The first kappa shape index (κ1) is 29.7. The van der Waals surface area contributed by atoms with E-state index < -0.39 is 28.5 Å². The van der Waals surface area contributed by atoms with E-state index in [1.807, 2.05) is 13.8 Å². The first-order valence-corrected chi connectivity index (χ1v) is 14.8. The summed E-state index contributed by atoms with van der Waals surface area (Å²) in [6.45, 7) is 5.53. The van der Waals surface area contributed by atoms with Crippen LogP contribution in [-0.2, 0) is 26.2 Å². The van der Waals surface area contributed by atoms with E-state index in [-0.39, 0.29) is 17.3 Å². The Balaban J connectivity index is 2.00. The number of hydrogen-bond donors (Lipinski definition) is 1. The predicted octanol–water partition coefficient (Wildman–Crippen LogP) is 5.55. The lowest BCUT2D eigenvalue weighted by molar-refractivity contribution is -0.139. The van der Waals surface area contributed by atoms with Crippen LogP contribution in [-0.4, -0.2) is 44.3 Å². The van der Waals surface area contributed by atoms with Gasteiger partial charge in [-0.1, -0.05) is 64.3 Å². The third-order valence-corrected chi connectivity index (χ3v) is 8.55. The SMILES string of the molecule is CCCNC(=O)C(C)N(Cc1ccc(Cl)cc1)C(=O)CN(c1ccc(Br)cc1)S(=O)(=O)c1ccc(C)cc1. The minimum Gasteiger partial charge on any atom is -0.354 e. The molecule has 0 saturated heterocycles. The van der Waals surface area contributed by atoms with Crippen LogP contribution in [0.2, 0.25) is 5.02 Å². The number of hydrogen-bond acceptors (Lipinski definition) is 4. The Bertz CT molecular complexity index is 1350. The minimum atomic E-state index is -4.10. The van der Waals surface area contributed by atoms with Gasteiger partial charge in [0.15, 0.2) is 0 Å². The highest BCUT2D eigenvalue weighted by Gasteiger charge is 2.32. The second kappa shape index (κ2) is 13.3. The summed E-state index contributed by atoms with van der Waals surface area (Å²) in [6, 6.07) is 19.3. The van der Waals surface area contributed by atoms with E-state index in [0.29, 0.717) is 17.3 Å². The maximum absolute atomic E-state index is 13.8. The molecule has 1 unspecified atom stereocenters. The zero-order valence-electron chi connectivity index (χ0n) is 21.5. The van der Waals surface area contributed by atoms with Crippen LogP contribution in [0, 0.1) is 6.92 Å². The quantitative estimate of drug-likeness (QED) is 0.305. The van der Waals surface area contributed by atoms with Crippen LogP contribution in [0.5, 0.6) is 0 Å². The fraction of sp³-hybridized carbons (Fsp3) is 0.286. The van der Waals surface area contributed by atoms with E-state index in [9.17, 15) is 18.0 Å². The average Bonchev–Trinajstić information content (AvgIpc) is 2.90. The van der Waals surface area contributed by atoms with Gasteiger partial charge >= 0.3 is 0 Å². The summed E-state index contributed by atoms with van der Waals surface area (Å²) >= 11 is 9.40. The molecule has 1 atom stereocenters. The molecule has 0 aliphatic heterocycles. The van der Waals surface area contributed by atoms with Gasteiger partial charge in [0, 0.05) is 22.6 Å². The van der Waals surface area contributed by atoms with Crippen molar-refractivity contribution < 1.29 is 18.0 Å². The number of sulfonamides is 1. The largest absolute Gasteiger partial charge is 0.354 e. The van der Waals surface area contributed by atoms with Crippen molar-refractivity contribution in [2.24, 2.45) is 0 Å². The van der Waals surface area contributed by atoms with Gasteiger partial charge in [0.1, 0.15) is 12.6 Å². The minimum absolute atomic E-state index is 0.0665. The van der Waals surface area contributed by atoms with E-state index in [2.05, 4.69) is 21.2 Å². The van der Waals surface area contributed by atoms with Crippen LogP contribution in [0.1, 0.15) is 31.4 Å². The Morgan fingerprint density at radius 3 is 2.16 bits per heavy atom. The highest BCUT2D eigenvalue weighted by atomic mass is 79.9. The van der Waals surface area contributed by atoms with Gasteiger partial charge in [-0.25, -0.2) is 8.42 Å². The molecule has 0 saturated carbocycles. The number of anilines is 1. The molecule has 0 radical (unpaired) electrons. The van der Waals surface area contributed by atoms with Crippen molar-refractivity contribution in [1.82, 2.24) is 10.2 Å². The molecule has 0 aromatic heterocycles. The van der Waals surface area contributed by atoms with Crippen molar-refractivity contribution in [2.75, 3.05) is 17.4 Å². The Morgan fingerprint density at radius 1 is 0.974 bits per heavy atom. The first-order chi connectivity index (χ1) is 18.0. The molecular formula is C28H31BrClN3O4S. The third kappa shape index (κ3) is 7.58. The fourth-order valence-electron chi connectivity index (χ4n) is 3.74. The lowest BCUT2D eigenvalue weighted by Gasteiger charge is -2.32. The van der Waals surface area contributed by atoms with Crippen LogP contribution in [0.25, 0.3) is 0 Å². The summed E-state index contributed by atoms with van der Waals surface area (Å²) in [6.07, 6.45) is 0.746. The standard InChI is InChI=1S/C28H31BrClN3O4S/c1-4-17-31-28(35)21(3)32(18-22-7-11-24(30)12-8-22)27(34)19-33(25-13-9-23(29)10-14-25)38(36,37)26-15-5-20(2)6-16-26/h5-16,21H,4,17-19H2,1-3H3,(H,31,35). The number of halogens is 2. The van der Waals surface area contributed by atoms with Crippen LogP contribution in [0.4, 0.5) is 5.69 Å². The lowest BCUT2D eigenvalue weighted by atomic mass is 10.1. The third-order valence-electron chi connectivity index (χ3n) is 5.99. The highest BCUT2D eigenvalue weighted by Crippen LogP contribution is 2.26. The van der Waals surface area contributed by atoms with Crippen molar-refractivity contribution >= 4 is 55.1 Å². The summed E-state index contributed by atoms with van der Waals surface area (Å²) in [4.78, 5) is 28.2. The van der Waals surface area contributed by atoms with Crippen molar-refractivity contribution in [3.05, 3.63) is 93.4 Å². The van der Waals surface area contributed by atoms with Crippen molar-refractivity contribution in [1.29, 1.82) is 0 Å². The Hall–Kier alpha value is -2.88. The average molecular weight is 621 g/mol. The van der Waals surface area contributed by atoms with Gasteiger partial charge < -0.3 is 10.2 Å². The zero-order chi connectivity index (χ0) is 27.9. The summed E-state index contributed by atoms with van der Waals surface area (Å²) in [7, 11) is -4.10. The number of amides is 2. The molecule has 7 nitrogen and oxygen atoms in total. The van der Waals surface area contributed by atoms with Crippen molar-refractivity contribution in [3.8, 4) is 0 Å².